The SMILES string of the molecule is Cc1nnc(SCc2nnc3sc(COc4ccccc4C)nn23)s1. The number of aromatic nitrogens is 6. The number of rotatable bonds is 6. The lowest BCUT2D eigenvalue weighted by molar-refractivity contribution is 0.302. The summed E-state index contributed by atoms with van der Waals surface area (Å²) in [5.74, 6) is 2.32. The van der Waals surface area contributed by atoms with E-state index in [-0.39, 0.29) is 0 Å². The number of hydrogen-bond acceptors (Lipinski definition) is 9. The lowest BCUT2D eigenvalue weighted by atomic mass is 10.2. The van der Waals surface area contributed by atoms with Crippen LogP contribution in [0.2, 0.25) is 0 Å². The van der Waals surface area contributed by atoms with Crippen molar-refractivity contribution in [1.82, 2.24) is 30.0 Å². The number of benzene rings is 1. The Labute approximate surface area is 156 Å². The Balaban J connectivity index is 1.45. The summed E-state index contributed by atoms with van der Waals surface area (Å²) in [4.78, 5) is 0.771. The maximum atomic E-state index is 5.86. The summed E-state index contributed by atoms with van der Waals surface area (Å²) in [6.45, 7) is 4.39. The van der Waals surface area contributed by atoms with E-state index in [2.05, 4.69) is 25.5 Å². The number of aryl methyl sites for hydroxylation is 2. The van der Waals surface area contributed by atoms with Gasteiger partial charge in [-0.05, 0) is 25.5 Å². The molecule has 25 heavy (non-hydrogen) atoms. The molecule has 0 fully saturated rings. The van der Waals surface area contributed by atoms with E-state index in [0.29, 0.717) is 12.4 Å². The molecule has 0 aliphatic heterocycles. The Morgan fingerprint density at radius 2 is 1.96 bits per heavy atom. The molecule has 4 rings (SSSR count). The molecular weight excluding hydrogens is 376 g/mol. The van der Waals surface area contributed by atoms with E-state index in [9.17, 15) is 0 Å². The van der Waals surface area contributed by atoms with E-state index in [0.717, 1.165) is 36.5 Å². The zero-order chi connectivity index (χ0) is 17.2. The molecule has 4 aromatic rings. The van der Waals surface area contributed by atoms with Crippen molar-refractivity contribution in [1.29, 1.82) is 0 Å². The van der Waals surface area contributed by atoms with Crippen LogP contribution in [0.4, 0.5) is 0 Å². The monoisotopic (exact) mass is 390 g/mol. The van der Waals surface area contributed by atoms with Crippen LogP contribution in [-0.2, 0) is 12.4 Å². The highest BCUT2D eigenvalue weighted by atomic mass is 32.2. The molecule has 0 unspecified atom stereocenters. The van der Waals surface area contributed by atoms with Gasteiger partial charge in [0.05, 0.1) is 5.75 Å². The minimum atomic E-state index is 0.418. The Kier molecular flexibility index (Phi) is 4.64. The molecule has 1 aromatic carbocycles. The average molecular weight is 391 g/mol. The van der Waals surface area contributed by atoms with Crippen LogP contribution >= 0.6 is 34.4 Å². The van der Waals surface area contributed by atoms with E-state index in [1.807, 2.05) is 38.1 Å². The van der Waals surface area contributed by atoms with Crippen molar-refractivity contribution in [3.63, 3.8) is 0 Å². The molecule has 0 saturated heterocycles. The summed E-state index contributed by atoms with van der Waals surface area (Å²) in [6.07, 6.45) is 0. The molecule has 10 heteroatoms. The van der Waals surface area contributed by atoms with Crippen molar-refractivity contribution < 1.29 is 4.74 Å². The minimum Gasteiger partial charge on any atom is -0.486 e. The molecule has 0 atom stereocenters. The van der Waals surface area contributed by atoms with Gasteiger partial charge < -0.3 is 4.74 Å². The quantitative estimate of drug-likeness (QED) is 0.466. The summed E-state index contributed by atoms with van der Waals surface area (Å²) < 4.78 is 8.56. The normalized spacial score (nSPS) is 11.3. The van der Waals surface area contributed by atoms with E-state index in [4.69, 9.17) is 4.74 Å². The summed E-state index contributed by atoms with van der Waals surface area (Å²) in [6, 6.07) is 7.94. The van der Waals surface area contributed by atoms with E-state index in [1.165, 1.54) is 11.3 Å². The van der Waals surface area contributed by atoms with Crippen LogP contribution in [0, 0.1) is 13.8 Å². The highest BCUT2D eigenvalue weighted by Gasteiger charge is 2.13. The van der Waals surface area contributed by atoms with Gasteiger partial charge in [-0.2, -0.15) is 9.61 Å². The third-order valence-electron chi connectivity index (χ3n) is 3.37. The fraction of sp³-hybridized carbons (Fsp3) is 0.267. The van der Waals surface area contributed by atoms with Gasteiger partial charge in [0, 0.05) is 0 Å². The first-order valence-electron chi connectivity index (χ1n) is 7.50. The van der Waals surface area contributed by atoms with Crippen molar-refractivity contribution in [2.45, 2.75) is 30.5 Å². The molecule has 0 amide bonds. The van der Waals surface area contributed by atoms with Gasteiger partial charge in [0.2, 0.25) is 4.96 Å². The zero-order valence-corrected chi connectivity index (χ0v) is 16.0. The molecule has 0 aliphatic carbocycles. The fourth-order valence-corrected chi connectivity index (χ4v) is 4.65. The second-order valence-electron chi connectivity index (χ2n) is 5.24. The largest absolute Gasteiger partial charge is 0.486 e. The Morgan fingerprint density at radius 3 is 2.76 bits per heavy atom. The Morgan fingerprint density at radius 1 is 1.08 bits per heavy atom. The summed E-state index contributed by atoms with van der Waals surface area (Å²) in [5.41, 5.74) is 1.11. The van der Waals surface area contributed by atoms with Crippen LogP contribution in [0.1, 0.15) is 21.4 Å². The number of ether oxygens (including phenoxy) is 1. The number of para-hydroxylation sites is 1. The van der Waals surface area contributed by atoms with Crippen LogP contribution in [0.25, 0.3) is 4.96 Å². The first kappa shape index (κ1) is 16.4. The molecule has 0 N–H and O–H groups in total. The molecule has 0 aliphatic rings. The number of nitrogens with zero attached hydrogens (tertiary/aromatic N) is 6. The summed E-state index contributed by atoms with van der Waals surface area (Å²) >= 11 is 4.65. The van der Waals surface area contributed by atoms with Gasteiger partial charge in [-0.15, -0.1) is 20.4 Å². The van der Waals surface area contributed by atoms with Gasteiger partial charge >= 0.3 is 0 Å². The molecule has 7 nitrogen and oxygen atoms in total. The molecule has 0 saturated carbocycles. The second kappa shape index (κ2) is 7.06. The topological polar surface area (TPSA) is 78.1 Å². The first-order valence-corrected chi connectivity index (χ1v) is 10.1. The highest BCUT2D eigenvalue weighted by molar-refractivity contribution is 8.00. The molecular formula is C15H14N6OS3. The van der Waals surface area contributed by atoms with Crippen LogP contribution in [0.5, 0.6) is 5.75 Å². The van der Waals surface area contributed by atoms with Gasteiger partial charge in [-0.25, -0.2) is 0 Å². The van der Waals surface area contributed by atoms with Crippen molar-refractivity contribution in [3.05, 3.63) is 45.7 Å². The van der Waals surface area contributed by atoms with Crippen molar-refractivity contribution >= 4 is 39.4 Å². The Bertz CT molecular complexity index is 1010. The lowest BCUT2D eigenvalue weighted by Gasteiger charge is -2.06. The maximum Gasteiger partial charge on any atom is 0.234 e. The van der Waals surface area contributed by atoms with Crippen LogP contribution in [-0.4, -0.2) is 30.0 Å². The smallest absolute Gasteiger partial charge is 0.234 e. The number of fused-ring (bicyclic) bond motifs is 1. The fourth-order valence-electron chi connectivity index (χ4n) is 2.17. The molecule has 128 valence electrons. The summed E-state index contributed by atoms with van der Waals surface area (Å²) in [5, 5.41) is 22.9. The second-order valence-corrected chi connectivity index (χ2v) is 8.68. The predicted molar refractivity (Wildman–Crippen MR) is 98.4 cm³/mol. The van der Waals surface area contributed by atoms with Gasteiger partial charge in [0.1, 0.15) is 17.4 Å². The predicted octanol–water partition coefficient (Wildman–Crippen LogP) is 3.53. The Hall–Kier alpha value is -2.04. The van der Waals surface area contributed by atoms with Gasteiger partial charge in [-0.1, -0.05) is 52.6 Å². The molecule has 0 radical (unpaired) electrons. The van der Waals surface area contributed by atoms with Crippen molar-refractivity contribution in [2.75, 3.05) is 0 Å². The van der Waals surface area contributed by atoms with E-state index in [1.54, 1.807) is 27.6 Å². The minimum absolute atomic E-state index is 0.418. The molecule has 3 heterocycles. The van der Waals surface area contributed by atoms with Crippen LogP contribution in [0.15, 0.2) is 28.6 Å². The van der Waals surface area contributed by atoms with E-state index < -0.39 is 0 Å². The standard InChI is InChI=1S/C15H14N6OS3/c1-9-5-3-4-6-11(9)22-7-13-20-21-12(17-18-14(21)25-13)8-23-15-19-16-10(2)24-15/h3-6H,7-8H2,1-2H3. The van der Waals surface area contributed by atoms with Gasteiger partial charge in [0.25, 0.3) is 0 Å². The summed E-state index contributed by atoms with van der Waals surface area (Å²) in [7, 11) is 0. The van der Waals surface area contributed by atoms with Gasteiger partial charge in [0.15, 0.2) is 15.2 Å². The average Bonchev–Trinajstić information content (AvgIpc) is 3.28. The number of thioether (sulfide) groups is 1. The zero-order valence-electron chi connectivity index (χ0n) is 13.5. The van der Waals surface area contributed by atoms with Crippen LogP contribution < -0.4 is 4.74 Å². The van der Waals surface area contributed by atoms with Gasteiger partial charge in [-0.3, -0.25) is 0 Å². The number of hydrogen-bond donors (Lipinski definition) is 0. The van der Waals surface area contributed by atoms with Crippen LogP contribution in [0.3, 0.4) is 0 Å². The molecule has 3 aromatic heterocycles. The maximum absolute atomic E-state index is 5.86. The third kappa shape index (κ3) is 3.65. The molecule has 0 spiro atoms. The third-order valence-corrected chi connectivity index (χ3v) is 6.21. The van der Waals surface area contributed by atoms with Crippen molar-refractivity contribution in [2.24, 2.45) is 0 Å². The first-order chi connectivity index (χ1) is 12.2. The highest BCUT2D eigenvalue weighted by Crippen LogP contribution is 2.26. The molecule has 0 bridgehead atoms. The van der Waals surface area contributed by atoms with E-state index >= 15 is 0 Å². The van der Waals surface area contributed by atoms with Crippen molar-refractivity contribution in [3.8, 4) is 5.75 Å². The lowest BCUT2D eigenvalue weighted by Crippen LogP contribution is -1.99.